The summed E-state index contributed by atoms with van der Waals surface area (Å²) < 4.78 is 0. The monoisotopic (exact) mass is 286 g/mol. The average Bonchev–Trinajstić information content (AvgIpc) is 2.47. The van der Waals surface area contributed by atoms with E-state index < -0.39 is 5.41 Å². The number of ketones is 2. The third kappa shape index (κ3) is 3.90. The maximum absolute atomic E-state index is 12.2. The van der Waals surface area contributed by atoms with E-state index in [1.807, 2.05) is 6.08 Å². The highest BCUT2D eigenvalue weighted by molar-refractivity contribution is 6.06. The van der Waals surface area contributed by atoms with Crippen molar-refractivity contribution in [2.45, 2.75) is 46.0 Å². The fourth-order valence-electron chi connectivity index (χ4n) is 3.05. The fraction of sp³-hybridized carbons (Fsp3) is 0.474. The number of rotatable bonds is 8. The summed E-state index contributed by atoms with van der Waals surface area (Å²) in [6, 6.07) is 0. The molecule has 1 aliphatic rings. The van der Waals surface area contributed by atoms with Crippen molar-refractivity contribution in [3.8, 4) is 0 Å². The molecule has 0 aromatic heterocycles. The van der Waals surface area contributed by atoms with Crippen molar-refractivity contribution in [3.63, 3.8) is 0 Å². The zero-order valence-electron chi connectivity index (χ0n) is 13.2. The normalized spacial score (nSPS) is 17.1. The lowest BCUT2D eigenvalue weighted by Gasteiger charge is -2.32. The molecular weight excluding hydrogens is 260 g/mol. The minimum absolute atomic E-state index is 0.123. The van der Waals surface area contributed by atoms with Gasteiger partial charge in [-0.25, -0.2) is 0 Å². The SMILES string of the molecule is C=CCC(C(C)=O)(C(C)=O)C(C=C)/C=C/C1=CCCCC1. The Morgan fingerprint density at radius 3 is 2.38 bits per heavy atom. The Balaban J connectivity index is 3.12. The molecule has 2 nitrogen and oxygen atoms in total. The summed E-state index contributed by atoms with van der Waals surface area (Å²) in [6.45, 7) is 10.5. The third-order valence-electron chi connectivity index (χ3n) is 4.39. The summed E-state index contributed by atoms with van der Waals surface area (Å²) in [5.41, 5.74) is 0.225. The van der Waals surface area contributed by atoms with Crippen LogP contribution < -0.4 is 0 Å². The fourth-order valence-corrected chi connectivity index (χ4v) is 3.05. The van der Waals surface area contributed by atoms with Crippen molar-refractivity contribution in [3.05, 3.63) is 49.1 Å². The van der Waals surface area contributed by atoms with E-state index in [9.17, 15) is 9.59 Å². The van der Waals surface area contributed by atoms with Gasteiger partial charge in [-0.3, -0.25) is 9.59 Å². The van der Waals surface area contributed by atoms with Gasteiger partial charge in [-0.15, -0.1) is 13.2 Å². The van der Waals surface area contributed by atoms with Crippen molar-refractivity contribution < 1.29 is 9.59 Å². The van der Waals surface area contributed by atoms with Crippen LogP contribution in [0.15, 0.2) is 49.1 Å². The topological polar surface area (TPSA) is 34.1 Å². The van der Waals surface area contributed by atoms with Gasteiger partial charge in [-0.1, -0.05) is 36.0 Å². The molecule has 2 heteroatoms. The predicted octanol–water partition coefficient (Wildman–Crippen LogP) is 4.59. The Labute approximate surface area is 128 Å². The Morgan fingerprint density at radius 1 is 1.29 bits per heavy atom. The molecule has 0 aromatic carbocycles. The minimum atomic E-state index is -1.06. The van der Waals surface area contributed by atoms with E-state index in [0.29, 0.717) is 6.42 Å². The lowest BCUT2D eigenvalue weighted by atomic mass is 9.67. The smallest absolute Gasteiger partial charge is 0.144 e. The van der Waals surface area contributed by atoms with Gasteiger partial charge in [-0.05, 0) is 46.0 Å². The molecule has 114 valence electrons. The van der Waals surface area contributed by atoms with Crippen LogP contribution in [0.25, 0.3) is 0 Å². The maximum Gasteiger partial charge on any atom is 0.144 e. The summed E-state index contributed by atoms with van der Waals surface area (Å²) in [5, 5.41) is 0. The first-order chi connectivity index (χ1) is 9.98. The van der Waals surface area contributed by atoms with E-state index >= 15 is 0 Å². The van der Waals surface area contributed by atoms with Gasteiger partial charge in [-0.2, -0.15) is 0 Å². The van der Waals surface area contributed by atoms with Crippen LogP contribution in [0.1, 0.15) is 46.0 Å². The number of carbonyl (C=O) groups excluding carboxylic acids is 2. The number of hydrogen-bond donors (Lipinski definition) is 0. The van der Waals surface area contributed by atoms with Gasteiger partial charge < -0.3 is 0 Å². The lowest BCUT2D eigenvalue weighted by Crippen LogP contribution is -2.41. The van der Waals surface area contributed by atoms with Gasteiger partial charge in [0.1, 0.15) is 11.6 Å². The van der Waals surface area contributed by atoms with Crippen molar-refractivity contribution in [2.75, 3.05) is 0 Å². The average molecular weight is 286 g/mol. The molecule has 0 N–H and O–H groups in total. The van der Waals surface area contributed by atoms with Crippen LogP contribution in [0.2, 0.25) is 0 Å². The standard InChI is InChI=1S/C19H26O2/c1-5-14-19(15(3)20,16(4)21)18(6-2)13-12-17-10-8-7-9-11-17/h5-6,10,12-13,18H,1-2,7-9,11,14H2,3-4H3/b13-12+. The van der Waals surface area contributed by atoms with Crippen molar-refractivity contribution in [1.29, 1.82) is 0 Å². The minimum Gasteiger partial charge on any atom is -0.299 e. The molecule has 1 atom stereocenters. The van der Waals surface area contributed by atoms with Crippen LogP contribution in [0, 0.1) is 11.3 Å². The summed E-state index contributed by atoms with van der Waals surface area (Å²) in [5.74, 6) is -0.544. The van der Waals surface area contributed by atoms with E-state index in [4.69, 9.17) is 0 Å². The van der Waals surface area contributed by atoms with Gasteiger partial charge in [0.2, 0.25) is 0 Å². The zero-order valence-corrected chi connectivity index (χ0v) is 13.2. The molecular formula is C19H26O2. The molecule has 1 rings (SSSR count). The van der Waals surface area contributed by atoms with Crippen LogP contribution in [0.3, 0.4) is 0 Å². The highest BCUT2D eigenvalue weighted by Crippen LogP contribution is 2.37. The van der Waals surface area contributed by atoms with Gasteiger partial charge in [0.05, 0.1) is 5.41 Å². The molecule has 1 unspecified atom stereocenters. The molecule has 0 saturated heterocycles. The molecule has 0 spiro atoms. The zero-order chi connectivity index (χ0) is 15.9. The molecule has 0 aliphatic heterocycles. The highest BCUT2D eigenvalue weighted by Gasteiger charge is 2.44. The Morgan fingerprint density at radius 2 is 1.95 bits per heavy atom. The molecule has 0 amide bonds. The van der Waals surface area contributed by atoms with Crippen LogP contribution in [0.4, 0.5) is 0 Å². The van der Waals surface area contributed by atoms with Crippen LogP contribution in [-0.4, -0.2) is 11.6 Å². The summed E-state index contributed by atoms with van der Waals surface area (Å²) in [7, 11) is 0. The van der Waals surface area contributed by atoms with E-state index in [0.717, 1.165) is 12.8 Å². The van der Waals surface area contributed by atoms with Crippen molar-refractivity contribution >= 4 is 11.6 Å². The molecule has 0 fully saturated rings. The van der Waals surface area contributed by atoms with Crippen LogP contribution >= 0.6 is 0 Å². The molecule has 0 radical (unpaired) electrons. The number of hydrogen-bond acceptors (Lipinski definition) is 2. The summed E-state index contributed by atoms with van der Waals surface area (Å²) >= 11 is 0. The van der Waals surface area contributed by atoms with E-state index in [2.05, 4.69) is 25.3 Å². The predicted molar refractivity (Wildman–Crippen MR) is 88.0 cm³/mol. The second-order valence-corrected chi connectivity index (χ2v) is 5.72. The number of Topliss-reactive ketones (excluding diaryl/α,β-unsaturated/α-hetero) is 2. The first-order valence-electron chi connectivity index (χ1n) is 7.61. The molecule has 0 bridgehead atoms. The highest BCUT2D eigenvalue weighted by atomic mass is 16.2. The molecule has 0 heterocycles. The van der Waals surface area contributed by atoms with E-state index in [-0.39, 0.29) is 17.5 Å². The second kappa shape index (κ2) is 7.92. The largest absolute Gasteiger partial charge is 0.299 e. The maximum atomic E-state index is 12.2. The van der Waals surface area contributed by atoms with Gasteiger partial charge in [0.15, 0.2) is 0 Å². The lowest BCUT2D eigenvalue weighted by molar-refractivity contribution is -0.139. The van der Waals surface area contributed by atoms with E-state index in [1.54, 1.807) is 12.2 Å². The summed E-state index contributed by atoms with van der Waals surface area (Å²) in [6.07, 6.45) is 14.5. The Hall–Kier alpha value is -1.70. The van der Waals surface area contributed by atoms with Crippen LogP contribution in [0.5, 0.6) is 0 Å². The summed E-state index contributed by atoms with van der Waals surface area (Å²) in [4.78, 5) is 24.4. The first-order valence-corrected chi connectivity index (χ1v) is 7.61. The number of carbonyl (C=O) groups is 2. The van der Waals surface area contributed by atoms with Gasteiger partial charge in [0, 0.05) is 5.92 Å². The van der Waals surface area contributed by atoms with Gasteiger partial charge in [0.25, 0.3) is 0 Å². The Bertz CT molecular complexity index is 466. The van der Waals surface area contributed by atoms with E-state index in [1.165, 1.54) is 32.3 Å². The molecule has 21 heavy (non-hydrogen) atoms. The number of allylic oxidation sites excluding steroid dienone is 6. The van der Waals surface area contributed by atoms with Gasteiger partial charge >= 0.3 is 0 Å². The quantitative estimate of drug-likeness (QED) is 0.483. The molecule has 0 saturated carbocycles. The first kappa shape index (κ1) is 17.4. The van der Waals surface area contributed by atoms with Crippen LogP contribution in [-0.2, 0) is 9.59 Å². The Kier molecular flexibility index (Phi) is 6.54. The molecule has 0 aromatic rings. The molecule has 1 aliphatic carbocycles. The second-order valence-electron chi connectivity index (χ2n) is 5.72. The third-order valence-corrected chi connectivity index (χ3v) is 4.39. The van der Waals surface area contributed by atoms with Crippen molar-refractivity contribution in [1.82, 2.24) is 0 Å². The van der Waals surface area contributed by atoms with Crippen molar-refractivity contribution in [2.24, 2.45) is 11.3 Å².